The summed E-state index contributed by atoms with van der Waals surface area (Å²) in [7, 11) is -3.27. The Morgan fingerprint density at radius 1 is 1.30 bits per heavy atom. The van der Waals surface area contributed by atoms with Crippen LogP contribution in [0.1, 0.15) is 6.92 Å². The molecule has 0 saturated carbocycles. The number of rotatable bonds is 6. The number of carbonyl (C=O) groups excluding carboxylic acids is 1. The molecule has 128 valence electrons. The van der Waals surface area contributed by atoms with Crippen molar-refractivity contribution in [3.8, 4) is 0 Å². The summed E-state index contributed by atoms with van der Waals surface area (Å²) in [6.45, 7) is 4.79. The van der Waals surface area contributed by atoms with E-state index in [1.54, 1.807) is 4.90 Å². The topological polar surface area (TPSA) is 79.0 Å². The lowest BCUT2D eigenvalue weighted by Gasteiger charge is -2.33. The molecule has 1 heterocycles. The predicted molar refractivity (Wildman–Crippen MR) is 90.3 cm³/mol. The van der Waals surface area contributed by atoms with Gasteiger partial charge in [-0.15, -0.1) is 0 Å². The molecule has 7 nitrogen and oxygen atoms in total. The number of nitrogens with one attached hydrogen (secondary N) is 1. The summed E-state index contributed by atoms with van der Waals surface area (Å²) in [4.78, 5) is 15.8. The Morgan fingerprint density at radius 2 is 1.96 bits per heavy atom. The maximum Gasteiger partial charge on any atom is 0.223 e. The summed E-state index contributed by atoms with van der Waals surface area (Å²) in [5, 5.41) is 0. The lowest BCUT2D eigenvalue weighted by atomic mass is 10.2. The zero-order valence-corrected chi connectivity index (χ0v) is 14.3. The molecular formula is C15H23N3O4S. The summed E-state index contributed by atoms with van der Waals surface area (Å²) in [5.41, 5.74) is 1.75. The quantitative estimate of drug-likeness (QED) is 0.811. The fourth-order valence-electron chi connectivity index (χ4n) is 2.55. The van der Waals surface area contributed by atoms with Crippen LogP contribution in [0.5, 0.6) is 0 Å². The third-order valence-electron chi connectivity index (χ3n) is 3.60. The van der Waals surface area contributed by atoms with Gasteiger partial charge in [-0.2, -0.15) is 0 Å². The molecule has 1 aliphatic rings. The Bertz CT molecular complexity index is 642. The average molecular weight is 341 g/mol. The highest BCUT2D eigenvalue weighted by Crippen LogP contribution is 2.29. The second kappa shape index (κ2) is 7.76. The standard InChI is InChI=1S/C15H23N3O4S/c1-13(19)18(8-7-16-23(2,20)21)15-6-4-3-5-14(15)17-9-11-22-12-10-17/h3-6,16H,7-12H2,1-2H3. The van der Waals surface area contributed by atoms with Gasteiger partial charge < -0.3 is 14.5 Å². The van der Waals surface area contributed by atoms with E-state index < -0.39 is 10.0 Å². The number of benzene rings is 1. The van der Waals surface area contributed by atoms with Crippen LogP contribution in [-0.4, -0.2) is 60.0 Å². The fourth-order valence-corrected chi connectivity index (χ4v) is 3.02. The van der Waals surface area contributed by atoms with E-state index in [0.717, 1.165) is 30.7 Å². The lowest BCUT2D eigenvalue weighted by molar-refractivity contribution is -0.116. The number of hydrogen-bond acceptors (Lipinski definition) is 5. The molecule has 0 unspecified atom stereocenters. The molecule has 1 aromatic carbocycles. The van der Waals surface area contributed by atoms with E-state index in [0.29, 0.717) is 13.2 Å². The zero-order valence-electron chi connectivity index (χ0n) is 13.5. The highest BCUT2D eigenvalue weighted by molar-refractivity contribution is 7.88. The van der Waals surface area contributed by atoms with E-state index in [9.17, 15) is 13.2 Å². The van der Waals surface area contributed by atoms with Gasteiger partial charge in [0.15, 0.2) is 0 Å². The molecule has 0 aromatic heterocycles. The first-order valence-electron chi connectivity index (χ1n) is 7.53. The minimum Gasteiger partial charge on any atom is -0.378 e. The summed E-state index contributed by atoms with van der Waals surface area (Å²) >= 11 is 0. The molecule has 2 rings (SSSR count). The van der Waals surface area contributed by atoms with Crippen LogP contribution >= 0.6 is 0 Å². The summed E-state index contributed by atoms with van der Waals surface area (Å²) < 4.78 is 30.2. The van der Waals surface area contributed by atoms with Crippen molar-refractivity contribution in [2.24, 2.45) is 0 Å². The third-order valence-corrected chi connectivity index (χ3v) is 4.33. The first-order chi connectivity index (χ1) is 10.9. The number of carbonyl (C=O) groups is 1. The van der Waals surface area contributed by atoms with Gasteiger partial charge in [-0.05, 0) is 12.1 Å². The minimum atomic E-state index is -3.27. The van der Waals surface area contributed by atoms with Crippen molar-refractivity contribution in [3.63, 3.8) is 0 Å². The van der Waals surface area contributed by atoms with Gasteiger partial charge in [-0.25, -0.2) is 13.1 Å². The number of hydrogen-bond donors (Lipinski definition) is 1. The molecule has 8 heteroatoms. The monoisotopic (exact) mass is 341 g/mol. The Hall–Kier alpha value is -1.64. The first-order valence-corrected chi connectivity index (χ1v) is 9.42. The van der Waals surface area contributed by atoms with E-state index >= 15 is 0 Å². The summed E-state index contributed by atoms with van der Waals surface area (Å²) in [5.74, 6) is -0.124. The van der Waals surface area contributed by atoms with E-state index in [1.165, 1.54) is 6.92 Å². The molecule has 23 heavy (non-hydrogen) atoms. The van der Waals surface area contributed by atoms with Crippen LogP contribution in [0, 0.1) is 0 Å². The van der Waals surface area contributed by atoms with Gasteiger partial charge in [-0.1, -0.05) is 12.1 Å². The smallest absolute Gasteiger partial charge is 0.223 e. The summed E-state index contributed by atoms with van der Waals surface area (Å²) in [6.07, 6.45) is 1.10. The number of ether oxygens (including phenoxy) is 1. The number of anilines is 2. The van der Waals surface area contributed by atoms with E-state index in [2.05, 4.69) is 9.62 Å². The molecule has 1 amide bonds. The van der Waals surface area contributed by atoms with Crippen LogP contribution in [0.25, 0.3) is 0 Å². The molecule has 1 aromatic rings. The number of para-hydroxylation sites is 2. The van der Waals surface area contributed by atoms with Crippen LogP contribution in [-0.2, 0) is 19.6 Å². The van der Waals surface area contributed by atoms with E-state index in [-0.39, 0.29) is 19.0 Å². The highest BCUT2D eigenvalue weighted by atomic mass is 32.2. The Morgan fingerprint density at radius 3 is 2.57 bits per heavy atom. The van der Waals surface area contributed by atoms with Gasteiger partial charge in [0.1, 0.15) is 0 Å². The molecule has 1 N–H and O–H groups in total. The Balaban J connectivity index is 2.19. The van der Waals surface area contributed by atoms with Crippen molar-refractivity contribution in [2.75, 3.05) is 55.4 Å². The second-order valence-corrected chi connectivity index (χ2v) is 7.26. The maximum atomic E-state index is 12.0. The average Bonchev–Trinajstić information content (AvgIpc) is 2.51. The van der Waals surface area contributed by atoms with Gasteiger partial charge in [-0.3, -0.25) is 4.79 Å². The van der Waals surface area contributed by atoms with Crippen LogP contribution in [0.15, 0.2) is 24.3 Å². The SMILES string of the molecule is CC(=O)N(CCNS(C)(=O)=O)c1ccccc1N1CCOCC1. The molecule has 0 aliphatic carbocycles. The van der Waals surface area contributed by atoms with Crippen LogP contribution in [0.4, 0.5) is 11.4 Å². The normalized spacial score (nSPS) is 15.5. The van der Waals surface area contributed by atoms with Crippen LogP contribution in [0.2, 0.25) is 0 Å². The van der Waals surface area contributed by atoms with Crippen molar-refractivity contribution in [2.45, 2.75) is 6.92 Å². The van der Waals surface area contributed by atoms with Crippen molar-refractivity contribution < 1.29 is 17.9 Å². The Labute approximate surface area is 137 Å². The lowest BCUT2D eigenvalue weighted by Crippen LogP contribution is -2.40. The van der Waals surface area contributed by atoms with Gasteiger partial charge in [0.25, 0.3) is 0 Å². The van der Waals surface area contributed by atoms with Gasteiger partial charge >= 0.3 is 0 Å². The minimum absolute atomic E-state index is 0.124. The number of morpholine rings is 1. The number of nitrogens with zero attached hydrogens (tertiary/aromatic N) is 2. The van der Waals surface area contributed by atoms with E-state index in [1.807, 2.05) is 24.3 Å². The molecule has 0 bridgehead atoms. The van der Waals surface area contributed by atoms with Crippen molar-refractivity contribution in [1.29, 1.82) is 0 Å². The fraction of sp³-hybridized carbons (Fsp3) is 0.533. The van der Waals surface area contributed by atoms with Crippen molar-refractivity contribution in [3.05, 3.63) is 24.3 Å². The summed E-state index contributed by atoms with van der Waals surface area (Å²) in [6, 6.07) is 7.66. The van der Waals surface area contributed by atoms with E-state index in [4.69, 9.17) is 4.74 Å². The third kappa shape index (κ3) is 5.19. The first kappa shape index (κ1) is 17.7. The molecule has 1 saturated heterocycles. The molecule has 1 aliphatic heterocycles. The van der Waals surface area contributed by atoms with Crippen molar-refractivity contribution in [1.82, 2.24) is 4.72 Å². The van der Waals surface area contributed by atoms with Crippen LogP contribution in [0.3, 0.4) is 0 Å². The number of amides is 1. The molecule has 1 fully saturated rings. The largest absolute Gasteiger partial charge is 0.378 e. The number of sulfonamides is 1. The molecular weight excluding hydrogens is 318 g/mol. The maximum absolute atomic E-state index is 12.0. The van der Waals surface area contributed by atoms with Crippen molar-refractivity contribution >= 4 is 27.3 Å². The van der Waals surface area contributed by atoms with Gasteiger partial charge in [0.2, 0.25) is 15.9 Å². The highest BCUT2D eigenvalue weighted by Gasteiger charge is 2.20. The zero-order chi connectivity index (χ0) is 16.9. The molecule has 0 atom stereocenters. The second-order valence-electron chi connectivity index (χ2n) is 5.43. The predicted octanol–water partition coefficient (Wildman–Crippen LogP) is 0.425. The molecule has 0 radical (unpaired) electrons. The molecule has 0 spiro atoms. The van der Waals surface area contributed by atoms with Gasteiger partial charge in [0, 0.05) is 33.1 Å². The van der Waals surface area contributed by atoms with Crippen LogP contribution < -0.4 is 14.5 Å². The van der Waals surface area contributed by atoms with Gasteiger partial charge in [0.05, 0.1) is 30.8 Å². The Kier molecular flexibility index (Phi) is 5.97.